The molecule has 1 aromatic carbocycles. The van der Waals surface area contributed by atoms with Crippen molar-refractivity contribution in [1.82, 2.24) is 9.97 Å². The molecule has 0 bridgehead atoms. The van der Waals surface area contributed by atoms with Crippen LogP contribution < -0.4 is 10.6 Å². The molecule has 2 N–H and O–H groups in total. The van der Waals surface area contributed by atoms with E-state index in [2.05, 4.69) is 21.9 Å². The van der Waals surface area contributed by atoms with Crippen molar-refractivity contribution in [1.29, 1.82) is 0 Å². The minimum Gasteiger partial charge on any atom is -0.399 e. The van der Waals surface area contributed by atoms with Crippen LogP contribution in [0, 0.1) is 0 Å². The van der Waals surface area contributed by atoms with Crippen LogP contribution in [0.15, 0.2) is 24.5 Å². The summed E-state index contributed by atoms with van der Waals surface area (Å²) in [5, 5.41) is 1.05. The Hall–Kier alpha value is -1.84. The lowest BCUT2D eigenvalue weighted by Gasteiger charge is -2.29. The Balaban J connectivity index is 1.97. The first-order valence-corrected chi connectivity index (χ1v) is 7.49. The summed E-state index contributed by atoms with van der Waals surface area (Å²) in [6.07, 6.45) is 9.53. The molecule has 0 spiro atoms. The van der Waals surface area contributed by atoms with Crippen molar-refractivity contribution in [2.45, 2.75) is 44.6 Å². The van der Waals surface area contributed by atoms with E-state index in [0.29, 0.717) is 6.04 Å². The van der Waals surface area contributed by atoms with Gasteiger partial charge in [0.2, 0.25) is 0 Å². The highest BCUT2D eigenvalue weighted by Gasteiger charge is 2.19. The zero-order chi connectivity index (χ0) is 13.9. The lowest BCUT2D eigenvalue weighted by molar-refractivity contribution is 0.550. The smallest absolute Gasteiger partial charge is 0.139 e. The summed E-state index contributed by atoms with van der Waals surface area (Å²) in [5.41, 5.74) is 7.65. The van der Waals surface area contributed by atoms with E-state index in [9.17, 15) is 0 Å². The first-order chi connectivity index (χ1) is 9.75. The number of rotatable bonds is 2. The summed E-state index contributed by atoms with van der Waals surface area (Å²) in [7, 11) is 2.15. The molecule has 0 saturated heterocycles. The number of nitrogen functional groups attached to an aromatic ring is 1. The summed E-state index contributed by atoms with van der Waals surface area (Å²) in [6.45, 7) is 0. The van der Waals surface area contributed by atoms with Crippen LogP contribution in [0.2, 0.25) is 0 Å². The Labute approximate surface area is 120 Å². The Bertz CT molecular complexity index is 588. The zero-order valence-electron chi connectivity index (χ0n) is 12.0. The van der Waals surface area contributed by atoms with Gasteiger partial charge in [-0.15, -0.1) is 0 Å². The predicted molar refractivity (Wildman–Crippen MR) is 83.8 cm³/mol. The highest BCUT2D eigenvalue weighted by Crippen LogP contribution is 2.29. The van der Waals surface area contributed by atoms with Gasteiger partial charge in [-0.2, -0.15) is 0 Å². The van der Waals surface area contributed by atoms with Crippen molar-refractivity contribution < 1.29 is 0 Å². The lowest BCUT2D eigenvalue weighted by atomic mass is 10.1. The molecule has 20 heavy (non-hydrogen) atoms. The van der Waals surface area contributed by atoms with Crippen molar-refractivity contribution in [3.05, 3.63) is 24.5 Å². The average Bonchev–Trinajstić information content (AvgIpc) is 2.75. The number of aromatic nitrogens is 2. The monoisotopic (exact) mass is 270 g/mol. The lowest BCUT2D eigenvalue weighted by Crippen LogP contribution is -2.32. The quantitative estimate of drug-likeness (QED) is 0.671. The van der Waals surface area contributed by atoms with E-state index in [1.165, 1.54) is 38.5 Å². The van der Waals surface area contributed by atoms with Crippen molar-refractivity contribution in [3.63, 3.8) is 0 Å². The largest absolute Gasteiger partial charge is 0.399 e. The SMILES string of the molecule is CN(c1ncnc2ccc(N)cc12)C1CCCCCC1. The normalized spacial score (nSPS) is 17.1. The molecule has 1 aromatic heterocycles. The Kier molecular flexibility index (Phi) is 3.72. The number of anilines is 2. The van der Waals surface area contributed by atoms with Crippen molar-refractivity contribution in [2.75, 3.05) is 17.7 Å². The van der Waals surface area contributed by atoms with E-state index in [1.807, 2.05) is 18.2 Å². The first-order valence-electron chi connectivity index (χ1n) is 7.49. The molecule has 4 heteroatoms. The number of nitrogens with zero attached hydrogens (tertiary/aromatic N) is 3. The molecule has 1 aliphatic carbocycles. The van der Waals surface area contributed by atoms with E-state index in [1.54, 1.807) is 6.33 Å². The third-order valence-electron chi connectivity index (χ3n) is 4.34. The molecular weight excluding hydrogens is 248 g/mol. The van der Waals surface area contributed by atoms with Gasteiger partial charge in [0.25, 0.3) is 0 Å². The van der Waals surface area contributed by atoms with Gasteiger partial charge in [-0.05, 0) is 31.0 Å². The van der Waals surface area contributed by atoms with Gasteiger partial charge in [-0.3, -0.25) is 0 Å². The fourth-order valence-electron chi connectivity index (χ4n) is 3.16. The van der Waals surface area contributed by atoms with E-state index < -0.39 is 0 Å². The van der Waals surface area contributed by atoms with Gasteiger partial charge in [-0.1, -0.05) is 25.7 Å². The predicted octanol–water partition coefficient (Wildman–Crippen LogP) is 3.37. The molecule has 1 saturated carbocycles. The maximum atomic E-state index is 5.92. The van der Waals surface area contributed by atoms with Crippen LogP contribution in [0.4, 0.5) is 11.5 Å². The molecule has 0 aliphatic heterocycles. The molecule has 106 valence electrons. The summed E-state index contributed by atoms with van der Waals surface area (Å²) in [6, 6.07) is 6.43. The van der Waals surface area contributed by atoms with Crippen molar-refractivity contribution >= 4 is 22.4 Å². The van der Waals surface area contributed by atoms with Crippen LogP contribution >= 0.6 is 0 Å². The van der Waals surface area contributed by atoms with E-state index in [-0.39, 0.29) is 0 Å². The van der Waals surface area contributed by atoms with Gasteiger partial charge in [0, 0.05) is 24.2 Å². The highest BCUT2D eigenvalue weighted by molar-refractivity contribution is 5.91. The molecule has 2 aromatic rings. The second kappa shape index (κ2) is 5.65. The second-order valence-electron chi connectivity index (χ2n) is 5.73. The van der Waals surface area contributed by atoms with Gasteiger partial charge in [-0.25, -0.2) is 9.97 Å². The van der Waals surface area contributed by atoms with Gasteiger partial charge in [0.1, 0.15) is 12.1 Å². The molecule has 0 radical (unpaired) electrons. The van der Waals surface area contributed by atoms with Crippen LogP contribution in [-0.2, 0) is 0 Å². The number of nitrogens with two attached hydrogens (primary N) is 1. The summed E-state index contributed by atoms with van der Waals surface area (Å²) in [4.78, 5) is 11.2. The van der Waals surface area contributed by atoms with Crippen LogP contribution in [0.5, 0.6) is 0 Å². The number of fused-ring (bicyclic) bond motifs is 1. The van der Waals surface area contributed by atoms with Crippen LogP contribution in [0.25, 0.3) is 10.9 Å². The first kappa shape index (κ1) is 13.2. The topological polar surface area (TPSA) is 55.0 Å². The number of hydrogen-bond donors (Lipinski definition) is 1. The number of hydrogen-bond acceptors (Lipinski definition) is 4. The van der Waals surface area contributed by atoms with Gasteiger partial charge < -0.3 is 10.6 Å². The molecule has 0 amide bonds. The summed E-state index contributed by atoms with van der Waals surface area (Å²) >= 11 is 0. The standard InChI is InChI=1S/C16H22N4/c1-20(13-6-4-2-3-5-7-13)16-14-10-12(17)8-9-15(14)18-11-19-16/h8-11,13H,2-7,17H2,1H3. The molecule has 0 atom stereocenters. The third kappa shape index (κ3) is 2.55. The molecular formula is C16H22N4. The Morgan fingerprint density at radius 2 is 1.85 bits per heavy atom. The van der Waals surface area contributed by atoms with Gasteiger partial charge in [0.05, 0.1) is 5.52 Å². The summed E-state index contributed by atoms with van der Waals surface area (Å²) in [5.74, 6) is 1.01. The number of benzene rings is 1. The maximum absolute atomic E-state index is 5.92. The van der Waals surface area contributed by atoms with Crippen LogP contribution in [0.3, 0.4) is 0 Å². The molecule has 3 rings (SSSR count). The zero-order valence-corrected chi connectivity index (χ0v) is 12.0. The second-order valence-corrected chi connectivity index (χ2v) is 5.73. The minimum atomic E-state index is 0.581. The van der Waals surface area contributed by atoms with Crippen molar-refractivity contribution in [3.8, 4) is 0 Å². The van der Waals surface area contributed by atoms with Gasteiger partial charge in [0.15, 0.2) is 0 Å². The fourth-order valence-corrected chi connectivity index (χ4v) is 3.16. The Morgan fingerprint density at radius 3 is 2.60 bits per heavy atom. The molecule has 1 fully saturated rings. The minimum absolute atomic E-state index is 0.581. The molecule has 1 heterocycles. The maximum Gasteiger partial charge on any atom is 0.139 e. The fraction of sp³-hybridized carbons (Fsp3) is 0.500. The van der Waals surface area contributed by atoms with E-state index >= 15 is 0 Å². The van der Waals surface area contributed by atoms with E-state index in [0.717, 1.165) is 22.4 Å². The average molecular weight is 270 g/mol. The summed E-state index contributed by atoms with van der Waals surface area (Å²) < 4.78 is 0. The van der Waals surface area contributed by atoms with Crippen LogP contribution in [-0.4, -0.2) is 23.1 Å². The van der Waals surface area contributed by atoms with Crippen molar-refractivity contribution in [2.24, 2.45) is 0 Å². The van der Waals surface area contributed by atoms with Crippen LogP contribution in [0.1, 0.15) is 38.5 Å². The molecule has 1 aliphatic rings. The molecule has 0 unspecified atom stereocenters. The highest BCUT2D eigenvalue weighted by atomic mass is 15.2. The molecule has 4 nitrogen and oxygen atoms in total. The van der Waals surface area contributed by atoms with E-state index in [4.69, 9.17) is 5.73 Å². The third-order valence-corrected chi connectivity index (χ3v) is 4.34. The van der Waals surface area contributed by atoms with Gasteiger partial charge >= 0.3 is 0 Å². The Morgan fingerprint density at radius 1 is 1.10 bits per heavy atom.